The van der Waals surface area contributed by atoms with Gasteiger partial charge in [0.1, 0.15) is 5.76 Å². The van der Waals surface area contributed by atoms with Crippen LogP contribution in [0.2, 0.25) is 0 Å². The predicted octanol–water partition coefficient (Wildman–Crippen LogP) is 2.63. The number of aryl methyl sites for hydroxylation is 2. The van der Waals surface area contributed by atoms with E-state index in [-0.39, 0.29) is 0 Å². The molecule has 86 valence electrons. The number of aromatic nitrogens is 1. The molecule has 0 radical (unpaired) electrons. The van der Waals surface area contributed by atoms with Gasteiger partial charge in [-0.2, -0.15) is 0 Å². The second-order valence-electron chi connectivity index (χ2n) is 3.85. The minimum absolute atomic E-state index is 0.641. The normalized spacial score (nSPS) is 13.1. The van der Waals surface area contributed by atoms with Gasteiger partial charge in [-0.3, -0.25) is 0 Å². The van der Waals surface area contributed by atoms with Crippen LogP contribution in [0.1, 0.15) is 25.3 Å². The van der Waals surface area contributed by atoms with Gasteiger partial charge in [0.25, 0.3) is 5.22 Å². The molecule has 1 rings (SSSR count). The molecule has 1 N–H and O–H groups in total. The number of nitrogens with zero attached hydrogens (tertiary/aromatic N) is 1. The lowest BCUT2D eigenvalue weighted by atomic mass is 10.2. The highest BCUT2D eigenvalue weighted by atomic mass is 32.2. The van der Waals surface area contributed by atoms with Crippen molar-refractivity contribution in [2.75, 3.05) is 18.8 Å². The minimum atomic E-state index is 0.641. The fourth-order valence-electron chi connectivity index (χ4n) is 1.17. The van der Waals surface area contributed by atoms with E-state index in [1.807, 2.05) is 13.8 Å². The smallest absolute Gasteiger partial charge is 0.256 e. The largest absolute Gasteiger partial charge is 0.437 e. The van der Waals surface area contributed by atoms with Gasteiger partial charge in [0.05, 0.1) is 5.69 Å². The van der Waals surface area contributed by atoms with Crippen molar-refractivity contribution >= 4 is 11.8 Å². The summed E-state index contributed by atoms with van der Waals surface area (Å²) in [5.41, 5.74) is 0.997. The topological polar surface area (TPSA) is 38.1 Å². The molecule has 0 bridgehead atoms. The summed E-state index contributed by atoms with van der Waals surface area (Å²) in [6.45, 7) is 10.4. The fraction of sp³-hybridized carbons (Fsp3) is 0.727. The van der Waals surface area contributed by atoms with Gasteiger partial charge in [0.2, 0.25) is 0 Å². The van der Waals surface area contributed by atoms with E-state index in [0.717, 1.165) is 35.5 Å². The first-order valence-corrected chi connectivity index (χ1v) is 6.39. The molecule has 1 atom stereocenters. The molecule has 4 heteroatoms. The van der Waals surface area contributed by atoms with Crippen molar-refractivity contribution in [3.05, 3.63) is 11.5 Å². The third kappa shape index (κ3) is 4.26. The van der Waals surface area contributed by atoms with Crippen LogP contribution in [0.4, 0.5) is 0 Å². The Kier molecular flexibility index (Phi) is 5.19. The lowest BCUT2D eigenvalue weighted by Crippen LogP contribution is -2.21. The van der Waals surface area contributed by atoms with Crippen LogP contribution in [0, 0.1) is 19.8 Å². The fourth-order valence-corrected chi connectivity index (χ4v) is 2.10. The van der Waals surface area contributed by atoms with Crippen LogP contribution in [0.25, 0.3) is 0 Å². The summed E-state index contributed by atoms with van der Waals surface area (Å²) < 4.78 is 5.50. The van der Waals surface area contributed by atoms with Gasteiger partial charge in [-0.1, -0.05) is 25.6 Å². The molecular weight excluding hydrogens is 208 g/mol. The zero-order chi connectivity index (χ0) is 11.3. The molecule has 0 saturated heterocycles. The summed E-state index contributed by atoms with van der Waals surface area (Å²) in [6, 6.07) is 0. The highest BCUT2D eigenvalue weighted by molar-refractivity contribution is 7.99. The van der Waals surface area contributed by atoms with E-state index in [1.165, 1.54) is 0 Å². The number of nitrogens with one attached hydrogen (secondary N) is 1. The summed E-state index contributed by atoms with van der Waals surface area (Å²) in [5.74, 6) is 2.62. The molecular formula is C11H20N2OS. The summed E-state index contributed by atoms with van der Waals surface area (Å²) in [4.78, 5) is 4.34. The molecule has 15 heavy (non-hydrogen) atoms. The number of thioether (sulfide) groups is 1. The zero-order valence-electron chi connectivity index (χ0n) is 9.96. The highest BCUT2D eigenvalue weighted by Crippen LogP contribution is 2.21. The first-order valence-electron chi connectivity index (χ1n) is 5.41. The molecule has 1 aromatic heterocycles. The Morgan fingerprint density at radius 3 is 2.73 bits per heavy atom. The quantitative estimate of drug-likeness (QED) is 0.760. The summed E-state index contributed by atoms with van der Waals surface area (Å²) in [5, 5.41) is 4.14. The van der Waals surface area contributed by atoms with Crippen molar-refractivity contribution in [3.8, 4) is 0 Å². The number of hydrogen-bond donors (Lipinski definition) is 1. The van der Waals surface area contributed by atoms with Gasteiger partial charge in [0.15, 0.2) is 0 Å². The second kappa shape index (κ2) is 6.18. The van der Waals surface area contributed by atoms with Crippen molar-refractivity contribution in [2.24, 2.45) is 5.92 Å². The number of oxazole rings is 1. The Hall–Kier alpha value is -0.480. The maximum absolute atomic E-state index is 5.50. The number of hydrogen-bond acceptors (Lipinski definition) is 4. The molecule has 1 aromatic rings. The standard InChI is InChI=1S/C11H20N2OS/c1-5-12-6-8(2)7-15-11-13-9(3)10(4)14-11/h8,12H,5-7H2,1-4H3. The Labute approximate surface area is 96.0 Å². The monoisotopic (exact) mass is 228 g/mol. The Balaban J connectivity index is 2.30. The van der Waals surface area contributed by atoms with E-state index in [2.05, 4.69) is 24.1 Å². The lowest BCUT2D eigenvalue weighted by molar-refractivity contribution is 0.430. The van der Waals surface area contributed by atoms with E-state index in [1.54, 1.807) is 11.8 Å². The average molecular weight is 228 g/mol. The molecule has 0 aliphatic carbocycles. The highest BCUT2D eigenvalue weighted by Gasteiger charge is 2.08. The molecule has 0 amide bonds. The SMILES string of the molecule is CCNCC(C)CSc1nc(C)c(C)o1. The molecule has 0 aliphatic heterocycles. The first kappa shape index (κ1) is 12.6. The Bertz CT molecular complexity index is 279. The van der Waals surface area contributed by atoms with E-state index in [9.17, 15) is 0 Å². The van der Waals surface area contributed by atoms with Gasteiger partial charge in [-0.25, -0.2) is 4.98 Å². The second-order valence-corrected chi connectivity index (χ2v) is 4.82. The van der Waals surface area contributed by atoms with Crippen molar-refractivity contribution in [3.63, 3.8) is 0 Å². The average Bonchev–Trinajstić information content (AvgIpc) is 2.52. The summed E-state index contributed by atoms with van der Waals surface area (Å²) in [6.07, 6.45) is 0. The third-order valence-electron chi connectivity index (χ3n) is 2.24. The van der Waals surface area contributed by atoms with Crippen LogP contribution in [0.3, 0.4) is 0 Å². The maximum Gasteiger partial charge on any atom is 0.256 e. The molecule has 0 spiro atoms. The van der Waals surface area contributed by atoms with Crippen molar-refractivity contribution in [2.45, 2.75) is 32.9 Å². The van der Waals surface area contributed by atoms with Gasteiger partial charge in [-0.05, 0) is 32.9 Å². The van der Waals surface area contributed by atoms with E-state index in [0.29, 0.717) is 5.92 Å². The van der Waals surface area contributed by atoms with Crippen LogP contribution in [0.15, 0.2) is 9.64 Å². The van der Waals surface area contributed by atoms with Gasteiger partial charge >= 0.3 is 0 Å². The van der Waals surface area contributed by atoms with E-state index >= 15 is 0 Å². The van der Waals surface area contributed by atoms with Crippen molar-refractivity contribution in [1.82, 2.24) is 10.3 Å². The van der Waals surface area contributed by atoms with Crippen LogP contribution in [0.5, 0.6) is 0 Å². The predicted molar refractivity (Wildman–Crippen MR) is 64.4 cm³/mol. The van der Waals surface area contributed by atoms with E-state index in [4.69, 9.17) is 4.42 Å². The third-order valence-corrected chi connectivity index (χ3v) is 3.40. The van der Waals surface area contributed by atoms with Gasteiger partial charge in [0, 0.05) is 5.75 Å². The number of rotatable bonds is 6. The van der Waals surface area contributed by atoms with Crippen molar-refractivity contribution < 1.29 is 4.42 Å². The Morgan fingerprint density at radius 2 is 2.20 bits per heavy atom. The minimum Gasteiger partial charge on any atom is -0.437 e. The zero-order valence-corrected chi connectivity index (χ0v) is 10.8. The Morgan fingerprint density at radius 1 is 1.47 bits per heavy atom. The lowest BCUT2D eigenvalue weighted by Gasteiger charge is -2.09. The van der Waals surface area contributed by atoms with Crippen LogP contribution in [-0.2, 0) is 0 Å². The maximum atomic E-state index is 5.50. The molecule has 1 unspecified atom stereocenters. The van der Waals surface area contributed by atoms with Crippen LogP contribution >= 0.6 is 11.8 Å². The molecule has 3 nitrogen and oxygen atoms in total. The summed E-state index contributed by atoms with van der Waals surface area (Å²) >= 11 is 1.70. The molecule has 0 saturated carbocycles. The molecule has 0 aliphatic rings. The molecule has 0 fully saturated rings. The van der Waals surface area contributed by atoms with E-state index < -0.39 is 0 Å². The van der Waals surface area contributed by atoms with Crippen LogP contribution in [-0.4, -0.2) is 23.8 Å². The van der Waals surface area contributed by atoms with Gasteiger partial charge < -0.3 is 9.73 Å². The van der Waals surface area contributed by atoms with Gasteiger partial charge in [-0.15, -0.1) is 0 Å². The first-order chi connectivity index (χ1) is 7.13. The molecule has 1 heterocycles. The van der Waals surface area contributed by atoms with Crippen molar-refractivity contribution in [1.29, 1.82) is 0 Å². The summed E-state index contributed by atoms with van der Waals surface area (Å²) in [7, 11) is 0. The van der Waals surface area contributed by atoms with Crippen LogP contribution < -0.4 is 5.32 Å². The molecule has 0 aromatic carbocycles.